The quantitative estimate of drug-likeness (QED) is 0.754. The Morgan fingerprint density at radius 1 is 1.32 bits per heavy atom. The molecule has 122 valence electrons. The van der Waals surface area contributed by atoms with Crippen molar-refractivity contribution in [1.29, 1.82) is 0 Å². The Kier molecular flexibility index (Phi) is 5.68. The number of carbonyl (C=O) groups is 1. The first-order chi connectivity index (χ1) is 10.7. The second-order valence-corrected chi connectivity index (χ2v) is 9.96. The second-order valence-electron chi connectivity index (χ2n) is 6.25. The topological polar surface area (TPSA) is 54.9 Å². The molecule has 1 N–H and O–H groups in total. The van der Waals surface area contributed by atoms with Crippen molar-refractivity contribution in [3.8, 4) is 0 Å². The summed E-state index contributed by atoms with van der Waals surface area (Å²) < 4.78 is 1.87. The van der Waals surface area contributed by atoms with Gasteiger partial charge >= 0.3 is 0 Å². The van der Waals surface area contributed by atoms with E-state index < -0.39 is 0 Å². The molecule has 0 aliphatic heterocycles. The molecule has 0 aromatic carbocycles. The van der Waals surface area contributed by atoms with Crippen LogP contribution in [0.5, 0.6) is 0 Å². The molecule has 2 aliphatic rings. The molecule has 22 heavy (non-hydrogen) atoms. The van der Waals surface area contributed by atoms with Crippen LogP contribution in [0, 0.1) is 17.8 Å². The Morgan fingerprint density at radius 2 is 2.09 bits per heavy atom. The van der Waals surface area contributed by atoms with Crippen LogP contribution in [0.1, 0.15) is 39.5 Å². The van der Waals surface area contributed by atoms with Gasteiger partial charge < -0.3 is 5.32 Å². The lowest BCUT2D eigenvalue weighted by Crippen LogP contribution is -2.40. The summed E-state index contributed by atoms with van der Waals surface area (Å²) in [5.41, 5.74) is 0. The third kappa shape index (κ3) is 3.97. The number of amides is 1. The van der Waals surface area contributed by atoms with E-state index in [1.165, 1.54) is 37.4 Å². The van der Waals surface area contributed by atoms with Crippen molar-refractivity contribution in [3.05, 3.63) is 0 Å². The number of hydrogen-bond donors (Lipinski definition) is 1. The van der Waals surface area contributed by atoms with E-state index >= 15 is 0 Å². The van der Waals surface area contributed by atoms with Gasteiger partial charge in [-0.1, -0.05) is 48.2 Å². The van der Waals surface area contributed by atoms with Gasteiger partial charge in [-0.3, -0.25) is 4.79 Å². The largest absolute Gasteiger partial charge is 0.353 e. The van der Waals surface area contributed by atoms with Crippen LogP contribution in [-0.4, -0.2) is 33.7 Å². The van der Waals surface area contributed by atoms with Crippen LogP contribution in [0.15, 0.2) is 8.68 Å². The van der Waals surface area contributed by atoms with Gasteiger partial charge in [0.25, 0.3) is 0 Å². The van der Waals surface area contributed by atoms with E-state index in [-0.39, 0.29) is 5.91 Å². The minimum Gasteiger partial charge on any atom is -0.353 e. The SMILES string of the molecule is CCSc1nnc(SCC(=O)NC(C)C2CC3CCC2C3)s1. The van der Waals surface area contributed by atoms with E-state index in [1.54, 1.807) is 23.1 Å². The van der Waals surface area contributed by atoms with Crippen molar-refractivity contribution in [2.75, 3.05) is 11.5 Å². The van der Waals surface area contributed by atoms with Crippen molar-refractivity contribution in [2.45, 2.75) is 54.3 Å². The summed E-state index contributed by atoms with van der Waals surface area (Å²) in [6.45, 7) is 4.28. The molecule has 2 fully saturated rings. The Labute approximate surface area is 144 Å². The van der Waals surface area contributed by atoms with Crippen molar-refractivity contribution in [2.24, 2.45) is 17.8 Å². The van der Waals surface area contributed by atoms with Crippen molar-refractivity contribution in [1.82, 2.24) is 15.5 Å². The first-order valence-corrected chi connectivity index (χ1v) is 10.8. The molecule has 1 amide bonds. The number of hydrogen-bond acceptors (Lipinski definition) is 6. The van der Waals surface area contributed by atoms with Crippen LogP contribution in [0.25, 0.3) is 0 Å². The van der Waals surface area contributed by atoms with Gasteiger partial charge in [0.05, 0.1) is 5.75 Å². The monoisotopic (exact) mass is 357 g/mol. The lowest BCUT2D eigenvalue weighted by Gasteiger charge is -2.28. The van der Waals surface area contributed by atoms with Crippen LogP contribution in [0.3, 0.4) is 0 Å². The second kappa shape index (κ2) is 7.53. The Hall–Kier alpha value is -0.270. The van der Waals surface area contributed by atoms with Crippen molar-refractivity contribution >= 4 is 40.8 Å². The van der Waals surface area contributed by atoms with Crippen LogP contribution in [0.2, 0.25) is 0 Å². The highest BCUT2D eigenvalue weighted by Gasteiger charge is 2.42. The molecule has 1 aromatic heterocycles. The summed E-state index contributed by atoms with van der Waals surface area (Å²) >= 11 is 4.77. The lowest BCUT2D eigenvalue weighted by atomic mass is 9.84. The predicted molar refractivity (Wildman–Crippen MR) is 93.6 cm³/mol. The third-order valence-corrected chi connectivity index (χ3v) is 7.88. The maximum Gasteiger partial charge on any atom is 0.230 e. The molecule has 3 rings (SSSR count). The van der Waals surface area contributed by atoms with Gasteiger partial charge in [0.15, 0.2) is 8.68 Å². The number of rotatable bonds is 7. The van der Waals surface area contributed by atoms with Crippen LogP contribution in [-0.2, 0) is 4.79 Å². The summed E-state index contributed by atoms with van der Waals surface area (Å²) in [5.74, 6) is 4.04. The van der Waals surface area contributed by atoms with Gasteiger partial charge in [0, 0.05) is 6.04 Å². The van der Waals surface area contributed by atoms with Crippen molar-refractivity contribution < 1.29 is 4.79 Å². The number of carbonyl (C=O) groups excluding carboxylic acids is 1. The van der Waals surface area contributed by atoms with Gasteiger partial charge in [0.1, 0.15) is 0 Å². The smallest absolute Gasteiger partial charge is 0.230 e. The number of thioether (sulfide) groups is 2. The highest BCUT2D eigenvalue weighted by Crippen LogP contribution is 2.49. The predicted octanol–water partition coefficient (Wildman–Crippen LogP) is 3.68. The van der Waals surface area contributed by atoms with Crippen LogP contribution >= 0.6 is 34.9 Å². The molecule has 0 spiro atoms. The highest BCUT2D eigenvalue weighted by molar-refractivity contribution is 8.03. The van der Waals surface area contributed by atoms with E-state index in [4.69, 9.17) is 0 Å². The minimum absolute atomic E-state index is 0.125. The Balaban J connectivity index is 1.42. The lowest BCUT2D eigenvalue weighted by molar-refractivity contribution is -0.119. The molecule has 0 saturated heterocycles. The zero-order valence-corrected chi connectivity index (χ0v) is 15.5. The third-order valence-electron chi connectivity index (χ3n) is 4.81. The summed E-state index contributed by atoms with van der Waals surface area (Å²) in [4.78, 5) is 12.1. The number of fused-ring (bicyclic) bond motifs is 2. The molecule has 1 aromatic rings. The average molecular weight is 358 g/mol. The molecule has 4 atom stereocenters. The maximum atomic E-state index is 12.1. The maximum absolute atomic E-state index is 12.1. The van der Waals surface area contributed by atoms with E-state index in [2.05, 4.69) is 29.4 Å². The van der Waals surface area contributed by atoms with Gasteiger partial charge in [0.2, 0.25) is 5.91 Å². The van der Waals surface area contributed by atoms with Gasteiger partial charge in [-0.15, -0.1) is 10.2 Å². The minimum atomic E-state index is 0.125. The normalized spacial score (nSPS) is 28.0. The molecular weight excluding hydrogens is 334 g/mol. The fourth-order valence-electron chi connectivity index (χ4n) is 3.87. The molecule has 4 nitrogen and oxygen atoms in total. The molecule has 2 saturated carbocycles. The average Bonchev–Trinajstić information content (AvgIpc) is 3.22. The zero-order valence-electron chi connectivity index (χ0n) is 13.1. The first kappa shape index (κ1) is 16.6. The molecular formula is C15H23N3OS3. The van der Waals surface area contributed by atoms with Gasteiger partial charge in [-0.05, 0) is 49.7 Å². The molecule has 2 aliphatic carbocycles. The summed E-state index contributed by atoms with van der Waals surface area (Å²) in [5, 5.41) is 11.4. The van der Waals surface area contributed by atoms with Gasteiger partial charge in [-0.25, -0.2) is 0 Å². The van der Waals surface area contributed by atoms with Gasteiger partial charge in [-0.2, -0.15) is 0 Å². The van der Waals surface area contributed by atoms with Crippen molar-refractivity contribution in [3.63, 3.8) is 0 Å². The Bertz CT molecular complexity index is 522. The van der Waals surface area contributed by atoms with E-state index in [0.717, 1.165) is 26.3 Å². The molecule has 1 heterocycles. The zero-order chi connectivity index (χ0) is 15.5. The summed E-state index contributed by atoms with van der Waals surface area (Å²) in [6.07, 6.45) is 5.48. The summed E-state index contributed by atoms with van der Waals surface area (Å²) in [6, 6.07) is 0.309. The van der Waals surface area contributed by atoms with E-state index in [0.29, 0.717) is 17.7 Å². The van der Waals surface area contributed by atoms with E-state index in [1.807, 2.05) is 0 Å². The number of nitrogens with zero attached hydrogens (tertiary/aromatic N) is 2. The highest BCUT2D eigenvalue weighted by atomic mass is 32.2. The molecule has 0 radical (unpaired) electrons. The Morgan fingerprint density at radius 3 is 2.73 bits per heavy atom. The first-order valence-electron chi connectivity index (χ1n) is 8.04. The van der Waals surface area contributed by atoms with Crippen LogP contribution in [0.4, 0.5) is 0 Å². The fourth-order valence-corrected chi connectivity index (χ4v) is 6.60. The summed E-state index contributed by atoms with van der Waals surface area (Å²) in [7, 11) is 0. The molecule has 7 heteroatoms. The number of nitrogens with one attached hydrogen (secondary N) is 1. The fraction of sp³-hybridized carbons (Fsp3) is 0.800. The molecule has 2 bridgehead atoms. The molecule has 4 unspecified atom stereocenters. The van der Waals surface area contributed by atoms with E-state index in [9.17, 15) is 4.79 Å². The standard InChI is InChI=1S/C15H23N3OS3/c1-3-20-14-17-18-15(22-14)21-8-13(19)16-9(2)12-7-10-4-5-11(12)6-10/h9-12H,3-8H2,1-2H3,(H,16,19). The number of aromatic nitrogens is 2. The van der Waals surface area contributed by atoms with Crippen LogP contribution < -0.4 is 5.32 Å².